The molecule has 0 saturated heterocycles. The van der Waals surface area contributed by atoms with E-state index in [9.17, 15) is 9.90 Å². The second kappa shape index (κ2) is 7.61. The molecule has 1 heterocycles. The van der Waals surface area contributed by atoms with Crippen LogP contribution in [0.3, 0.4) is 0 Å². The number of fused-ring (bicyclic) bond motifs is 1. The fourth-order valence-corrected chi connectivity index (χ4v) is 3.53. The highest BCUT2D eigenvalue weighted by molar-refractivity contribution is 6.09. The van der Waals surface area contributed by atoms with Crippen molar-refractivity contribution >= 4 is 11.6 Å². The first-order valence-corrected chi connectivity index (χ1v) is 9.18. The summed E-state index contributed by atoms with van der Waals surface area (Å²) in [7, 11) is 1.66. The van der Waals surface area contributed by atoms with Crippen LogP contribution in [0, 0.1) is 0 Å². The van der Waals surface area contributed by atoms with Crippen molar-refractivity contribution in [2.24, 2.45) is 0 Å². The van der Waals surface area contributed by atoms with E-state index in [1.165, 1.54) is 0 Å². The van der Waals surface area contributed by atoms with Gasteiger partial charge >= 0.3 is 0 Å². The minimum absolute atomic E-state index is 0.00467. The van der Waals surface area contributed by atoms with Gasteiger partial charge in [0.05, 0.1) is 13.7 Å². The van der Waals surface area contributed by atoms with Gasteiger partial charge in [0.15, 0.2) is 0 Å². The molecule has 0 saturated carbocycles. The van der Waals surface area contributed by atoms with Crippen molar-refractivity contribution in [3.8, 4) is 11.5 Å². The van der Waals surface area contributed by atoms with Crippen LogP contribution < -0.4 is 4.74 Å². The Labute approximate surface area is 164 Å². The minimum Gasteiger partial charge on any atom is -0.508 e. The highest BCUT2D eigenvalue weighted by atomic mass is 16.5. The number of amides is 1. The van der Waals surface area contributed by atoms with Crippen molar-refractivity contribution in [3.63, 3.8) is 0 Å². The number of hydrogen-bond acceptors (Lipinski definition) is 3. The number of aromatic hydroxyl groups is 1. The molecule has 1 aliphatic heterocycles. The predicted molar refractivity (Wildman–Crippen MR) is 109 cm³/mol. The molecule has 0 spiro atoms. The molecule has 0 fully saturated rings. The lowest BCUT2D eigenvalue weighted by atomic mass is 10.1. The number of allylic oxidation sites excluding steroid dienone is 1. The highest BCUT2D eigenvalue weighted by Gasteiger charge is 2.31. The van der Waals surface area contributed by atoms with Crippen LogP contribution in [0.2, 0.25) is 0 Å². The normalized spacial score (nSPS) is 14.4. The van der Waals surface area contributed by atoms with Gasteiger partial charge in [-0.05, 0) is 41.8 Å². The van der Waals surface area contributed by atoms with E-state index in [-0.39, 0.29) is 11.7 Å². The van der Waals surface area contributed by atoms with Crippen molar-refractivity contribution in [2.45, 2.75) is 13.0 Å². The van der Waals surface area contributed by atoms with Crippen LogP contribution in [-0.4, -0.2) is 23.0 Å². The summed E-state index contributed by atoms with van der Waals surface area (Å²) in [5.41, 5.74) is 4.59. The van der Waals surface area contributed by atoms with Gasteiger partial charge in [0.25, 0.3) is 5.91 Å². The number of hydrogen-bond donors (Lipinski definition) is 1. The lowest BCUT2D eigenvalue weighted by Gasteiger charge is -2.19. The molecule has 0 aliphatic carbocycles. The Morgan fingerprint density at radius 2 is 1.61 bits per heavy atom. The number of ether oxygens (including phenoxy) is 1. The molecular formula is C24H21NO3. The quantitative estimate of drug-likeness (QED) is 0.711. The fraction of sp³-hybridized carbons (Fsp3) is 0.125. The molecule has 4 heteroatoms. The van der Waals surface area contributed by atoms with Crippen LogP contribution in [0.5, 0.6) is 11.5 Å². The predicted octanol–water partition coefficient (Wildman–Crippen LogP) is 4.64. The van der Waals surface area contributed by atoms with Gasteiger partial charge in [-0.25, -0.2) is 0 Å². The summed E-state index contributed by atoms with van der Waals surface area (Å²) in [5, 5.41) is 9.52. The molecule has 1 aliphatic rings. The Hall–Kier alpha value is -3.53. The lowest BCUT2D eigenvalue weighted by Crippen LogP contribution is -2.22. The average molecular weight is 371 g/mol. The molecule has 0 aromatic heterocycles. The number of phenols is 1. The van der Waals surface area contributed by atoms with Gasteiger partial charge in [-0.1, -0.05) is 54.6 Å². The van der Waals surface area contributed by atoms with Crippen LogP contribution in [0.15, 0.2) is 78.9 Å². The molecule has 0 atom stereocenters. The Kier molecular flexibility index (Phi) is 4.85. The third-order valence-electron chi connectivity index (χ3n) is 4.95. The number of rotatable bonds is 5. The standard InChI is InChI=1S/C24H21NO3/c1-28-23-9-5-2-6-18(23)12-15-22-20-7-3-4-8-21(20)24(27)25(22)16-17-10-13-19(26)14-11-17/h2-11,13-15,26H,12,16H2,1H3/b22-15+. The summed E-state index contributed by atoms with van der Waals surface area (Å²) in [4.78, 5) is 14.8. The molecule has 4 nitrogen and oxygen atoms in total. The number of para-hydroxylation sites is 1. The van der Waals surface area contributed by atoms with E-state index < -0.39 is 0 Å². The molecule has 0 radical (unpaired) electrons. The summed E-state index contributed by atoms with van der Waals surface area (Å²) in [6.45, 7) is 0.450. The summed E-state index contributed by atoms with van der Waals surface area (Å²) in [6, 6.07) is 22.5. The zero-order valence-electron chi connectivity index (χ0n) is 15.6. The highest BCUT2D eigenvalue weighted by Crippen LogP contribution is 2.34. The van der Waals surface area contributed by atoms with Gasteiger partial charge < -0.3 is 14.7 Å². The second-order valence-corrected chi connectivity index (χ2v) is 6.71. The van der Waals surface area contributed by atoms with Gasteiger partial charge in [0, 0.05) is 16.8 Å². The smallest absolute Gasteiger partial charge is 0.259 e. The van der Waals surface area contributed by atoms with E-state index in [1.54, 1.807) is 24.1 Å². The molecule has 1 amide bonds. The SMILES string of the molecule is COc1ccccc1C/C=C1\c2ccccc2C(=O)N1Cc1ccc(O)cc1. The van der Waals surface area contributed by atoms with E-state index in [4.69, 9.17) is 4.74 Å². The summed E-state index contributed by atoms with van der Waals surface area (Å²) >= 11 is 0. The van der Waals surface area contributed by atoms with Crippen LogP contribution in [-0.2, 0) is 13.0 Å². The zero-order valence-corrected chi connectivity index (χ0v) is 15.6. The number of nitrogens with zero attached hydrogens (tertiary/aromatic N) is 1. The second-order valence-electron chi connectivity index (χ2n) is 6.71. The van der Waals surface area contributed by atoms with Gasteiger partial charge in [-0.3, -0.25) is 4.79 Å². The molecule has 28 heavy (non-hydrogen) atoms. The van der Waals surface area contributed by atoms with Gasteiger partial charge in [0.1, 0.15) is 11.5 Å². The van der Waals surface area contributed by atoms with Crippen molar-refractivity contribution in [3.05, 3.63) is 101 Å². The van der Waals surface area contributed by atoms with Gasteiger partial charge in [-0.2, -0.15) is 0 Å². The number of phenolic OH excluding ortho intramolecular Hbond substituents is 1. The number of methoxy groups -OCH3 is 1. The molecule has 4 rings (SSSR count). The molecule has 3 aromatic carbocycles. The van der Waals surface area contributed by atoms with Crippen molar-refractivity contribution < 1.29 is 14.6 Å². The van der Waals surface area contributed by atoms with Crippen molar-refractivity contribution in [1.29, 1.82) is 0 Å². The average Bonchev–Trinajstić information content (AvgIpc) is 3.00. The number of carbonyl (C=O) groups excluding carboxylic acids is 1. The first-order valence-electron chi connectivity index (χ1n) is 9.18. The monoisotopic (exact) mass is 371 g/mol. The molecular weight excluding hydrogens is 350 g/mol. The Morgan fingerprint density at radius 3 is 2.36 bits per heavy atom. The first kappa shape index (κ1) is 17.9. The third kappa shape index (κ3) is 3.37. The van der Waals surface area contributed by atoms with E-state index in [0.717, 1.165) is 28.1 Å². The van der Waals surface area contributed by atoms with E-state index in [0.29, 0.717) is 18.5 Å². The molecule has 1 N–H and O–H groups in total. The summed E-state index contributed by atoms with van der Waals surface area (Å²) < 4.78 is 5.45. The molecule has 0 bridgehead atoms. The number of carbonyl (C=O) groups is 1. The summed E-state index contributed by atoms with van der Waals surface area (Å²) in [6.07, 6.45) is 2.75. The fourth-order valence-electron chi connectivity index (χ4n) is 3.53. The van der Waals surface area contributed by atoms with E-state index >= 15 is 0 Å². The van der Waals surface area contributed by atoms with Crippen LogP contribution in [0.25, 0.3) is 5.70 Å². The first-order chi connectivity index (χ1) is 13.7. The Bertz CT molecular complexity index is 1040. The maximum Gasteiger partial charge on any atom is 0.259 e. The van der Waals surface area contributed by atoms with Crippen LogP contribution in [0.4, 0.5) is 0 Å². The van der Waals surface area contributed by atoms with Gasteiger partial charge in [0.2, 0.25) is 0 Å². The molecule has 140 valence electrons. The topological polar surface area (TPSA) is 49.8 Å². The van der Waals surface area contributed by atoms with E-state index in [1.807, 2.05) is 60.7 Å². The molecule has 0 unspecified atom stereocenters. The maximum atomic E-state index is 13.0. The van der Waals surface area contributed by atoms with Crippen LogP contribution >= 0.6 is 0 Å². The Morgan fingerprint density at radius 1 is 0.929 bits per heavy atom. The molecule has 3 aromatic rings. The van der Waals surface area contributed by atoms with E-state index in [2.05, 4.69) is 6.08 Å². The third-order valence-corrected chi connectivity index (χ3v) is 4.95. The lowest BCUT2D eigenvalue weighted by molar-refractivity contribution is 0.0843. The van der Waals surface area contributed by atoms with Crippen molar-refractivity contribution in [1.82, 2.24) is 4.90 Å². The minimum atomic E-state index is -0.00467. The Balaban J connectivity index is 1.70. The van der Waals surface area contributed by atoms with Gasteiger partial charge in [-0.15, -0.1) is 0 Å². The zero-order chi connectivity index (χ0) is 19.5. The largest absolute Gasteiger partial charge is 0.508 e. The maximum absolute atomic E-state index is 13.0. The van der Waals surface area contributed by atoms with Crippen molar-refractivity contribution in [2.75, 3.05) is 7.11 Å². The summed E-state index contributed by atoms with van der Waals surface area (Å²) in [5.74, 6) is 1.05. The number of benzene rings is 3. The van der Waals surface area contributed by atoms with Crippen LogP contribution in [0.1, 0.15) is 27.0 Å².